The van der Waals surface area contributed by atoms with Gasteiger partial charge in [0.1, 0.15) is 6.73 Å². The maximum absolute atomic E-state index is 13.8. The lowest BCUT2D eigenvalue weighted by Gasteiger charge is -2.32. The Bertz CT molecular complexity index is 927. The van der Waals surface area contributed by atoms with Crippen LogP contribution < -0.4 is 0 Å². The van der Waals surface area contributed by atoms with Gasteiger partial charge in [0, 0.05) is 37.6 Å². The Morgan fingerprint density at radius 1 is 0.521 bits per heavy atom. The smallest absolute Gasteiger partial charge is 0.337 e. The summed E-state index contributed by atoms with van der Waals surface area (Å²) in [6.45, 7) is 28.2. The summed E-state index contributed by atoms with van der Waals surface area (Å²) in [5, 5.41) is 0. The van der Waals surface area contributed by atoms with Gasteiger partial charge < -0.3 is 46.8 Å². The van der Waals surface area contributed by atoms with Crippen LogP contribution in [0.2, 0.25) is 0 Å². The van der Waals surface area contributed by atoms with Crippen LogP contribution in [0.5, 0.6) is 0 Å². The van der Waals surface area contributed by atoms with Crippen molar-refractivity contribution in [1.29, 1.82) is 0 Å². The number of allylic oxidation sites excluding steroid dienone is 4. The number of rotatable bonds is 14. The normalized spacial score (nSPS) is 17.6. The van der Waals surface area contributed by atoms with Crippen LogP contribution in [-0.2, 0) is 46.2 Å². The standard InChI is InChI=1S/C34H68N2O10P2/c1-27(2)33(24-47(37,43-29(5)6)44-30(7)8)35-14-19-39-17-13-18-42-26-36(16-21-41-23-22-40-20-15-35)34(28(3)4)25-48(38,45-31(9)10)46-32(11)12/h29-32H,13-26H2,1-12H3. The lowest BCUT2D eigenvalue weighted by Crippen LogP contribution is -2.34. The number of hydrogen-bond donors (Lipinski definition) is 0. The first-order valence-corrected chi connectivity index (χ1v) is 21.0. The van der Waals surface area contributed by atoms with Gasteiger partial charge in [-0.2, -0.15) is 0 Å². The van der Waals surface area contributed by atoms with Crippen LogP contribution in [0.1, 0.15) is 89.5 Å². The van der Waals surface area contributed by atoms with E-state index in [0.717, 1.165) is 22.5 Å². The summed E-state index contributed by atoms with van der Waals surface area (Å²) < 4.78 is 75.1. The highest BCUT2D eigenvalue weighted by atomic mass is 31.2. The highest BCUT2D eigenvalue weighted by molar-refractivity contribution is 7.54. The summed E-state index contributed by atoms with van der Waals surface area (Å²) in [6, 6.07) is 0. The Morgan fingerprint density at radius 3 is 1.23 bits per heavy atom. The summed E-state index contributed by atoms with van der Waals surface area (Å²) in [7, 11) is -6.81. The Labute approximate surface area is 292 Å². The fourth-order valence-corrected chi connectivity index (χ4v) is 9.78. The minimum absolute atomic E-state index is 0.147. The molecular formula is C34H68N2O10P2. The lowest BCUT2D eigenvalue weighted by molar-refractivity contribution is 0.000211. The molecule has 1 aliphatic rings. The van der Waals surface area contributed by atoms with E-state index in [1.807, 2.05) is 83.1 Å². The lowest BCUT2D eigenvalue weighted by atomic mass is 10.2. The SMILES string of the molecule is CC(C)=C(CP(=O)(OC(C)C)OC(C)C)N1CCOCCCOCN(C(CP(=O)(OC(C)C)OC(C)C)=C(C)C)CCOCCOCC1. The van der Waals surface area contributed by atoms with Crippen LogP contribution in [-0.4, -0.2) is 119 Å². The maximum Gasteiger partial charge on any atom is 0.337 e. The first-order chi connectivity index (χ1) is 22.5. The maximum atomic E-state index is 13.8. The average molecular weight is 727 g/mol. The molecule has 0 unspecified atom stereocenters. The Kier molecular flexibility index (Phi) is 22.3. The van der Waals surface area contributed by atoms with Gasteiger partial charge in [0.15, 0.2) is 0 Å². The van der Waals surface area contributed by atoms with E-state index in [1.165, 1.54) is 0 Å². The predicted molar refractivity (Wildman–Crippen MR) is 193 cm³/mol. The summed E-state index contributed by atoms with van der Waals surface area (Å²) in [4.78, 5) is 4.23. The van der Waals surface area contributed by atoms with Crippen molar-refractivity contribution >= 4 is 15.2 Å². The molecule has 0 aromatic heterocycles. The quantitative estimate of drug-likeness (QED) is 0.164. The van der Waals surface area contributed by atoms with Crippen molar-refractivity contribution in [2.75, 3.05) is 84.9 Å². The molecule has 0 spiro atoms. The van der Waals surface area contributed by atoms with E-state index in [4.69, 9.17) is 37.0 Å². The van der Waals surface area contributed by atoms with Crippen LogP contribution in [0.4, 0.5) is 0 Å². The van der Waals surface area contributed by atoms with Crippen molar-refractivity contribution in [3.05, 3.63) is 22.5 Å². The predicted octanol–water partition coefficient (Wildman–Crippen LogP) is 7.69. The molecule has 1 aliphatic heterocycles. The average Bonchev–Trinajstić information content (AvgIpc) is 2.93. The molecule has 0 bridgehead atoms. The molecule has 0 atom stereocenters. The van der Waals surface area contributed by atoms with E-state index >= 15 is 0 Å². The zero-order valence-corrected chi connectivity index (χ0v) is 33.9. The van der Waals surface area contributed by atoms with Crippen LogP contribution >= 0.6 is 15.2 Å². The molecule has 0 amide bonds. The third kappa shape index (κ3) is 19.6. The molecule has 0 N–H and O–H groups in total. The van der Waals surface area contributed by atoms with Crippen LogP contribution in [0.25, 0.3) is 0 Å². The fraction of sp³-hybridized carbons (Fsp3) is 0.882. The Morgan fingerprint density at radius 2 is 0.854 bits per heavy atom. The van der Waals surface area contributed by atoms with E-state index in [1.54, 1.807) is 0 Å². The molecular weight excluding hydrogens is 658 g/mol. The summed E-state index contributed by atoms with van der Waals surface area (Å²) in [5.74, 6) is 0. The molecule has 0 aromatic rings. The molecule has 0 aliphatic carbocycles. The van der Waals surface area contributed by atoms with Crippen molar-refractivity contribution in [2.24, 2.45) is 0 Å². The van der Waals surface area contributed by atoms with Crippen molar-refractivity contribution in [1.82, 2.24) is 9.80 Å². The van der Waals surface area contributed by atoms with Gasteiger partial charge in [-0.1, -0.05) is 11.1 Å². The summed E-state index contributed by atoms with van der Waals surface area (Å²) in [6.07, 6.45) is 0.0766. The largest absolute Gasteiger partial charge is 0.380 e. The van der Waals surface area contributed by atoms with E-state index in [9.17, 15) is 9.13 Å². The van der Waals surface area contributed by atoms with Crippen LogP contribution in [0.3, 0.4) is 0 Å². The first-order valence-electron chi connectivity index (χ1n) is 17.5. The topological polar surface area (TPSA) is 114 Å². The molecule has 12 nitrogen and oxygen atoms in total. The second kappa shape index (κ2) is 23.6. The fourth-order valence-electron chi connectivity index (χ4n) is 5.04. The van der Waals surface area contributed by atoms with E-state index in [0.29, 0.717) is 79.0 Å². The van der Waals surface area contributed by atoms with Gasteiger partial charge >= 0.3 is 15.2 Å². The van der Waals surface area contributed by atoms with Gasteiger partial charge in [-0.3, -0.25) is 9.13 Å². The molecule has 1 fully saturated rings. The molecule has 0 radical (unpaired) electrons. The van der Waals surface area contributed by atoms with E-state index < -0.39 is 15.2 Å². The third-order valence-electron chi connectivity index (χ3n) is 6.80. The van der Waals surface area contributed by atoms with E-state index in [-0.39, 0.29) is 36.7 Å². The molecule has 0 aromatic carbocycles. The molecule has 1 saturated heterocycles. The van der Waals surface area contributed by atoms with E-state index in [2.05, 4.69) is 9.80 Å². The summed E-state index contributed by atoms with van der Waals surface area (Å²) >= 11 is 0. The zero-order valence-electron chi connectivity index (χ0n) is 32.1. The second-order valence-electron chi connectivity index (χ2n) is 13.5. The molecule has 48 heavy (non-hydrogen) atoms. The van der Waals surface area contributed by atoms with Crippen molar-refractivity contribution < 1.29 is 46.2 Å². The number of nitrogens with zero attached hydrogens (tertiary/aromatic N) is 2. The first kappa shape index (κ1) is 45.2. The van der Waals surface area contributed by atoms with Gasteiger partial charge in [0.05, 0.1) is 76.4 Å². The van der Waals surface area contributed by atoms with Gasteiger partial charge in [0.25, 0.3) is 0 Å². The zero-order chi connectivity index (χ0) is 36.3. The molecule has 14 heteroatoms. The number of ether oxygens (including phenoxy) is 4. The summed E-state index contributed by atoms with van der Waals surface area (Å²) in [5.41, 5.74) is 3.83. The molecule has 0 saturated carbocycles. The van der Waals surface area contributed by atoms with Gasteiger partial charge in [-0.25, -0.2) is 0 Å². The Balaban J connectivity index is 3.00. The van der Waals surface area contributed by atoms with Crippen LogP contribution in [0, 0.1) is 0 Å². The molecule has 1 heterocycles. The molecule has 284 valence electrons. The van der Waals surface area contributed by atoms with Crippen molar-refractivity contribution in [3.8, 4) is 0 Å². The van der Waals surface area contributed by atoms with Gasteiger partial charge in [-0.15, -0.1) is 0 Å². The Hall–Kier alpha value is -0.780. The highest BCUT2D eigenvalue weighted by Gasteiger charge is 2.33. The second-order valence-corrected chi connectivity index (χ2v) is 17.4. The van der Waals surface area contributed by atoms with Gasteiger partial charge in [-0.05, 0) is 89.5 Å². The number of hydrogen-bond acceptors (Lipinski definition) is 12. The highest BCUT2D eigenvalue weighted by Crippen LogP contribution is 2.53. The molecule has 1 rings (SSSR count). The van der Waals surface area contributed by atoms with Crippen LogP contribution in [0.15, 0.2) is 22.5 Å². The van der Waals surface area contributed by atoms with Gasteiger partial charge in [0.2, 0.25) is 0 Å². The van der Waals surface area contributed by atoms with Crippen molar-refractivity contribution in [3.63, 3.8) is 0 Å². The monoisotopic (exact) mass is 726 g/mol. The minimum atomic E-state index is -3.42. The minimum Gasteiger partial charge on any atom is -0.380 e. The van der Waals surface area contributed by atoms with Crippen molar-refractivity contribution in [2.45, 2.75) is 114 Å². The third-order valence-corrected chi connectivity index (χ3v) is 11.1.